The van der Waals surface area contributed by atoms with Crippen molar-refractivity contribution in [1.82, 2.24) is 0 Å². The number of aliphatic hydroxyl groups excluding tert-OH is 1. The molecule has 0 amide bonds. The van der Waals surface area contributed by atoms with Gasteiger partial charge in [0, 0.05) is 0 Å². The maximum atomic E-state index is 10.7. The second kappa shape index (κ2) is 5.33. The predicted molar refractivity (Wildman–Crippen MR) is 62.2 cm³/mol. The Kier molecular flexibility index (Phi) is 4.58. The van der Waals surface area contributed by atoms with E-state index in [-0.39, 0.29) is 11.6 Å². The van der Waals surface area contributed by atoms with Crippen molar-refractivity contribution in [1.29, 1.82) is 0 Å². The van der Waals surface area contributed by atoms with Crippen LogP contribution in [0.25, 0.3) is 0 Å². The molecule has 16 heavy (non-hydrogen) atoms. The Morgan fingerprint density at radius 1 is 1.38 bits per heavy atom. The molecule has 4 nitrogen and oxygen atoms in total. The number of rotatable bonds is 4. The molecule has 0 aromatic heterocycles. The first-order valence-corrected chi connectivity index (χ1v) is 6.84. The van der Waals surface area contributed by atoms with E-state index in [9.17, 15) is 13.5 Å². The van der Waals surface area contributed by atoms with Crippen molar-refractivity contribution in [2.24, 2.45) is 0 Å². The lowest BCUT2D eigenvalue weighted by atomic mass is 10.1. The Balaban J connectivity index is 2.73. The minimum atomic E-state index is -3.56. The highest BCUT2D eigenvalue weighted by atomic mass is 35.5. The Labute approximate surface area is 104 Å². The summed E-state index contributed by atoms with van der Waals surface area (Å²) in [6.07, 6.45) is -0.154. The maximum absolute atomic E-state index is 10.7. The summed E-state index contributed by atoms with van der Waals surface area (Å²) in [5.41, 5.74) is 0.443. The van der Waals surface area contributed by atoms with Gasteiger partial charge in [-0.2, -0.15) is 8.42 Å². The lowest BCUT2D eigenvalue weighted by Crippen LogP contribution is -2.11. The fourth-order valence-electron chi connectivity index (χ4n) is 1.00. The van der Waals surface area contributed by atoms with Crippen LogP contribution < -0.4 is 0 Å². The van der Waals surface area contributed by atoms with E-state index in [1.807, 2.05) is 0 Å². The lowest BCUT2D eigenvalue weighted by Gasteiger charge is -2.11. The summed E-state index contributed by atoms with van der Waals surface area (Å²) >= 11 is 11.4. The highest BCUT2D eigenvalue weighted by Gasteiger charge is 2.12. The van der Waals surface area contributed by atoms with Crippen molar-refractivity contribution in [3.05, 3.63) is 33.8 Å². The predicted octanol–water partition coefficient (Wildman–Crippen LogP) is 2.00. The second-order valence-corrected chi connectivity index (χ2v) is 5.64. The van der Waals surface area contributed by atoms with Crippen molar-refractivity contribution in [2.75, 3.05) is 12.9 Å². The quantitative estimate of drug-likeness (QED) is 0.859. The minimum Gasteiger partial charge on any atom is -0.386 e. The lowest BCUT2D eigenvalue weighted by molar-refractivity contribution is 0.112. The van der Waals surface area contributed by atoms with Gasteiger partial charge in [-0.15, -0.1) is 0 Å². The van der Waals surface area contributed by atoms with Crippen molar-refractivity contribution in [3.63, 3.8) is 0 Å². The van der Waals surface area contributed by atoms with Crippen LogP contribution in [0.4, 0.5) is 0 Å². The molecule has 0 unspecified atom stereocenters. The number of aliphatic hydroxyl groups is 1. The fourth-order valence-corrected chi connectivity index (χ4v) is 1.69. The fraction of sp³-hybridized carbons (Fsp3) is 0.333. The highest BCUT2D eigenvalue weighted by molar-refractivity contribution is 7.85. The van der Waals surface area contributed by atoms with Gasteiger partial charge < -0.3 is 5.11 Å². The smallest absolute Gasteiger partial charge is 0.264 e. The molecule has 1 aromatic rings. The van der Waals surface area contributed by atoms with Gasteiger partial charge >= 0.3 is 0 Å². The molecule has 7 heteroatoms. The van der Waals surface area contributed by atoms with Crippen LogP contribution in [0.5, 0.6) is 0 Å². The first-order valence-electron chi connectivity index (χ1n) is 4.27. The van der Waals surface area contributed by atoms with E-state index in [0.717, 1.165) is 6.26 Å². The van der Waals surface area contributed by atoms with Gasteiger partial charge in [-0.05, 0) is 17.7 Å². The molecule has 0 bridgehead atoms. The van der Waals surface area contributed by atoms with Crippen LogP contribution in [0.2, 0.25) is 10.0 Å². The van der Waals surface area contributed by atoms with Crippen molar-refractivity contribution >= 4 is 33.3 Å². The van der Waals surface area contributed by atoms with Gasteiger partial charge in [0.1, 0.15) is 6.10 Å². The first kappa shape index (κ1) is 13.7. The number of hydrogen-bond acceptors (Lipinski definition) is 4. The van der Waals surface area contributed by atoms with E-state index in [2.05, 4.69) is 4.18 Å². The van der Waals surface area contributed by atoms with E-state index < -0.39 is 16.2 Å². The summed E-state index contributed by atoms with van der Waals surface area (Å²) in [6.45, 7) is -0.350. The molecule has 1 N–H and O–H groups in total. The molecule has 0 heterocycles. The second-order valence-electron chi connectivity index (χ2n) is 3.18. The van der Waals surface area contributed by atoms with Gasteiger partial charge in [0.25, 0.3) is 10.1 Å². The molecule has 0 spiro atoms. The average Bonchev–Trinajstić information content (AvgIpc) is 2.17. The summed E-state index contributed by atoms with van der Waals surface area (Å²) in [7, 11) is -3.56. The van der Waals surface area contributed by atoms with Gasteiger partial charge in [-0.3, -0.25) is 4.18 Å². The highest BCUT2D eigenvalue weighted by Crippen LogP contribution is 2.25. The van der Waals surface area contributed by atoms with E-state index in [1.165, 1.54) is 12.1 Å². The molecule has 0 saturated carbocycles. The zero-order valence-corrected chi connectivity index (χ0v) is 10.7. The van der Waals surface area contributed by atoms with Gasteiger partial charge in [0.05, 0.1) is 22.9 Å². The molecule has 0 saturated heterocycles. The monoisotopic (exact) mass is 284 g/mol. The van der Waals surface area contributed by atoms with Crippen molar-refractivity contribution in [3.8, 4) is 0 Å². The molecule has 0 radical (unpaired) electrons. The third-order valence-electron chi connectivity index (χ3n) is 1.77. The topological polar surface area (TPSA) is 63.6 Å². The number of halogens is 2. The molecule has 0 aliphatic rings. The Bertz CT molecular complexity index is 472. The van der Waals surface area contributed by atoms with Gasteiger partial charge in [-0.25, -0.2) is 0 Å². The normalized spacial score (nSPS) is 13.8. The third-order valence-corrected chi connectivity index (χ3v) is 3.07. The van der Waals surface area contributed by atoms with Gasteiger partial charge in [0.15, 0.2) is 0 Å². The third kappa shape index (κ3) is 4.27. The van der Waals surface area contributed by atoms with Crippen molar-refractivity contribution in [2.45, 2.75) is 6.10 Å². The summed E-state index contributed by atoms with van der Waals surface area (Å²) in [5.74, 6) is 0. The molecule has 90 valence electrons. The first-order chi connectivity index (χ1) is 7.29. The van der Waals surface area contributed by atoms with E-state index in [0.29, 0.717) is 10.6 Å². The summed E-state index contributed by atoms with van der Waals surface area (Å²) in [4.78, 5) is 0. The van der Waals surface area contributed by atoms with Crippen LogP contribution in [0.15, 0.2) is 18.2 Å². The van der Waals surface area contributed by atoms with Crippen LogP contribution in [0.1, 0.15) is 11.7 Å². The molecule has 0 aliphatic carbocycles. The molecule has 1 aromatic carbocycles. The Morgan fingerprint density at radius 3 is 2.50 bits per heavy atom. The summed E-state index contributed by atoms with van der Waals surface area (Å²) in [6, 6.07) is 4.52. The Hall–Kier alpha value is -0.330. The van der Waals surface area contributed by atoms with Crippen molar-refractivity contribution < 1.29 is 17.7 Å². The standard InChI is InChI=1S/C9H10Cl2O4S/c1-16(13,14)15-5-9(12)6-2-3-7(10)8(11)4-6/h2-4,9,12H,5H2,1H3/t9-/m0/s1. The molecular formula is C9H10Cl2O4S. The van der Waals surface area contributed by atoms with Crippen LogP contribution in [0, 0.1) is 0 Å². The minimum absolute atomic E-state index is 0.289. The molecule has 1 atom stereocenters. The van der Waals surface area contributed by atoms with E-state index in [1.54, 1.807) is 6.07 Å². The summed E-state index contributed by atoms with van der Waals surface area (Å²) < 4.78 is 25.9. The van der Waals surface area contributed by atoms with Gasteiger partial charge in [0.2, 0.25) is 0 Å². The summed E-state index contributed by atoms with van der Waals surface area (Å²) in [5, 5.41) is 10.3. The Morgan fingerprint density at radius 2 is 2.00 bits per heavy atom. The van der Waals surface area contributed by atoms with E-state index >= 15 is 0 Å². The van der Waals surface area contributed by atoms with Crippen LogP contribution >= 0.6 is 23.2 Å². The van der Waals surface area contributed by atoms with Gasteiger partial charge in [-0.1, -0.05) is 29.3 Å². The molecule has 0 aliphatic heterocycles. The zero-order chi connectivity index (χ0) is 12.3. The molecule has 0 fully saturated rings. The molecular weight excluding hydrogens is 275 g/mol. The zero-order valence-electron chi connectivity index (χ0n) is 8.35. The largest absolute Gasteiger partial charge is 0.386 e. The molecule has 1 rings (SSSR count). The van der Waals surface area contributed by atoms with Crippen LogP contribution in [-0.4, -0.2) is 26.4 Å². The average molecular weight is 285 g/mol. The van der Waals surface area contributed by atoms with Crippen LogP contribution in [-0.2, 0) is 14.3 Å². The number of benzene rings is 1. The van der Waals surface area contributed by atoms with E-state index in [4.69, 9.17) is 23.2 Å². The number of hydrogen-bond donors (Lipinski definition) is 1. The maximum Gasteiger partial charge on any atom is 0.264 e. The van der Waals surface area contributed by atoms with Crippen LogP contribution in [0.3, 0.4) is 0 Å². The SMILES string of the molecule is CS(=O)(=O)OC[C@H](O)c1ccc(Cl)c(Cl)c1.